The minimum Gasteiger partial charge on any atom is -0.316 e. The van der Waals surface area contributed by atoms with Gasteiger partial charge >= 0.3 is 18.4 Å². The quantitative estimate of drug-likeness (QED) is 0.761. The number of benzene rings is 1. The first-order valence-electron chi connectivity index (χ1n) is 7.77. The van der Waals surface area contributed by atoms with Crippen molar-refractivity contribution in [2.75, 3.05) is 5.32 Å². The Balaban J connectivity index is 2.39. The molecule has 0 aliphatic heterocycles. The van der Waals surface area contributed by atoms with Crippen molar-refractivity contribution in [3.05, 3.63) is 46.4 Å². The van der Waals surface area contributed by atoms with Crippen LogP contribution in [0.1, 0.15) is 12.6 Å². The lowest BCUT2D eigenvalue weighted by molar-refractivity contribution is -0.297. The highest BCUT2D eigenvalue weighted by Crippen LogP contribution is 2.42. The molecule has 0 saturated heterocycles. The van der Waals surface area contributed by atoms with Gasteiger partial charge in [0.25, 0.3) is 5.56 Å². The number of alkyl halides is 6. The number of hydrogen-bond acceptors (Lipinski definition) is 2. The van der Waals surface area contributed by atoms with Gasteiger partial charge in [-0.25, -0.2) is 9.48 Å². The van der Waals surface area contributed by atoms with Gasteiger partial charge in [-0.2, -0.15) is 26.3 Å². The molecule has 2 N–H and O–H groups in total. The lowest BCUT2D eigenvalue weighted by atomic mass is 10.0. The van der Waals surface area contributed by atoms with Gasteiger partial charge in [-0.05, 0) is 26.0 Å². The van der Waals surface area contributed by atoms with E-state index in [0.717, 1.165) is 10.00 Å². The number of aromatic nitrogens is 2. The highest BCUT2D eigenvalue weighted by atomic mass is 19.4. The Morgan fingerprint density at radius 2 is 1.50 bits per heavy atom. The summed E-state index contributed by atoms with van der Waals surface area (Å²) < 4.78 is 79.9. The fraction of sp³-hybridized carbons (Fsp3) is 0.375. The molecule has 1 heterocycles. The number of carbonyl (C=O) groups excluding carboxylic acids is 1. The summed E-state index contributed by atoms with van der Waals surface area (Å²) in [6, 6.07) is 6.25. The molecular weight excluding hydrogens is 394 g/mol. The molecule has 0 spiro atoms. The molecule has 0 aliphatic rings. The van der Waals surface area contributed by atoms with Gasteiger partial charge in [0.05, 0.1) is 11.4 Å². The molecule has 0 unspecified atom stereocenters. The van der Waals surface area contributed by atoms with Crippen molar-refractivity contribution in [2.45, 2.75) is 31.7 Å². The summed E-state index contributed by atoms with van der Waals surface area (Å²) in [5, 5.41) is 2.69. The lowest BCUT2D eigenvalue weighted by Crippen LogP contribution is -2.66. The van der Waals surface area contributed by atoms with Gasteiger partial charge in [-0.3, -0.25) is 9.48 Å². The molecule has 0 fully saturated rings. The molecule has 2 amide bonds. The van der Waals surface area contributed by atoms with Crippen molar-refractivity contribution in [3.8, 4) is 5.69 Å². The zero-order valence-electron chi connectivity index (χ0n) is 14.9. The van der Waals surface area contributed by atoms with E-state index < -0.39 is 35.2 Å². The molecule has 0 bridgehead atoms. The van der Waals surface area contributed by atoms with Gasteiger partial charge in [-0.1, -0.05) is 18.2 Å². The first kappa shape index (κ1) is 21.4. The van der Waals surface area contributed by atoms with E-state index in [1.165, 1.54) is 18.7 Å². The third kappa shape index (κ3) is 3.58. The summed E-state index contributed by atoms with van der Waals surface area (Å²) in [7, 11) is 1.45. The van der Waals surface area contributed by atoms with Gasteiger partial charge < -0.3 is 10.6 Å². The maximum atomic E-state index is 12.9. The van der Waals surface area contributed by atoms with Crippen molar-refractivity contribution >= 4 is 11.7 Å². The normalized spacial score (nSPS) is 12.8. The summed E-state index contributed by atoms with van der Waals surface area (Å²) in [4.78, 5) is 24.5. The van der Waals surface area contributed by atoms with Crippen molar-refractivity contribution in [3.63, 3.8) is 0 Å². The molecule has 154 valence electrons. The number of urea groups is 1. The van der Waals surface area contributed by atoms with Crippen molar-refractivity contribution < 1.29 is 31.1 Å². The minimum atomic E-state index is -5.81. The predicted octanol–water partition coefficient (Wildman–Crippen LogP) is 3.49. The molecule has 6 nitrogen and oxygen atoms in total. The molecule has 0 saturated carbocycles. The van der Waals surface area contributed by atoms with Gasteiger partial charge in [0.15, 0.2) is 0 Å². The smallest absolute Gasteiger partial charge is 0.316 e. The Kier molecular flexibility index (Phi) is 5.28. The fourth-order valence-corrected chi connectivity index (χ4v) is 2.39. The van der Waals surface area contributed by atoms with Crippen LogP contribution >= 0.6 is 0 Å². The molecule has 2 aromatic rings. The summed E-state index contributed by atoms with van der Waals surface area (Å²) in [6.45, 7) is 1.18. The lowest BCUT2D eigenvalue weighted by Gasteiger charge is -2.34. The van der Waals surface area contributed by atoms with E-state index in [9.17, 15) is 35.9 Å². The zero-order valence-corrected chi connectivity index (χ0v) is 14.9. The molecule has 0 aliphatic carbocycles. The Hall–Kier alpha value is -2.92. The number of nitrogens with one attached hydrogen (secondary N) is 2. The highest BCUT2D eigenvalue weighted by Gasteiger charge is 2.68. The average Bonchev–Trinajstić information content (AvgIpc) is 2.77. The topological polar surface area (TPSA) is 68.1 Å². The number of nitrogens with zero attached hydrogens (tertiary/aromatic N) is 2. The van der Waals surface area contributed by atoms with Crippen LogP contribution in [0.4, 0.5) is 36.8 Å². The Morgan fingerprint density at radius 1 is 1.00 bits per heavy atom. The molecular formula is C16H16F6N4O2. The monoisotopic (exact) mass is 410 g/mol. The first-order valence-corrected chi connectivity index (χ1v) is 7.77. The summed E-state index contributed by atoms with van der Waals surface area (Å²) in [5.41, 5.74) is -5.24. The SMILES string of the molecule is Cc1c(NC(=O)NC(C)(C(F)(F)F)C(F)(F)F)c(=O)n(-c2ccccc2)n1C. The van der Waals surface area contributed by atoms with E-state index >= 15 is 0 Å². The summed E-state index contributed by atoms with van der Waals surface area (Å²) in [5.74, 6) is 0. The van der Waals surface area contributed by atoms with Crippen LogP contribution in [0.25, 0.3) is 5.69 Å². The fourth-order valence-electron chi connectivity index (χ4n) is 2.39. The van der Waals surface area contributed by atoms with Crippen LogP contribution in [-0.2, 0) is 7.05 Å². The second kappa shape index (κ2) is 6.91. The summed E-state index contributed by atoms with van der Waals surface area (Å²) >= 11 is 0. The van der Waals surface area contributed by atoms with Gasteiger partial charge in [0.1, 0.15) is 5.69 Å². The average molecular weight is 410 g/mol. The van der Waals surface area contributed by atoms with Crippen molar-refractivity contribution in [1.29, 1.82) is 0 Å². The van der Waals surface area contributed by atoms with Crippen LogP contribution in [-0.4, -0.2) is 33.3 Å². The Labute approximate surface area is 154 Å². The summed E-state index contributed by atoms with van der Waals surface area (Å²) in [6.07, 6.45) is -11.6. The van der Waals surface area contributed by atoms with Crippen LogP contribution in [0.5, 0.6) is 0 Å². The highest BCUT2D eigenvalue weighted by molar-refractivity contribution is 5.90. The maximum absolute atomic E-state index is 12.9. The van der Waals surface area contributed by atoms with E-state index in [-0.39, 0.29) is 12.6 Å². The van der Waals surface area contributed by atoms with Crippen LogP contribution < -0.4 is 16.2 Å². The van der Waals surface area contributed by atoms with Gasteiger partial charge in [0.2, 0.25) is 5.54 Å². The minimum absolute atomic E-state index is 0.129. The second-order valence-corrected chi connectivity index (χ2v) is 6.14. The van der Waals surface area contributed by atoms with Crippen molar-refractivity contribution in [1.82, 2.24) is 14.7 Å². The number of hydrogen-bond donors (Lipinski definition) is 2. The standard InChI is InChI=1S/C16H16F6N4O2/c1-9-11(12(27)26(25(9)3)10-7-5-4-6-8-10)23-13(28)24-14(2,15(17,18)19)16(20,21)22/h4-8H,1-3H3,(H2,23,24,28). The molecule has 1 aromatic heterocycles. The molecule has 1 aromatic carbocycles. The number of halogens is 6. The molecule has 0 atom stereocenters. The number of rotatable bonds is 3. The van der Waals surface area contributed by atoms with Crippen LogP contribution in [0.15, 0.2) is 35.1 Å². The van der Waals surface area contributed by atoms with Crippen LogP contribution in [0, 0.1) is 6.92 Å². The van der Waals surface area contributed by atoms with Crippen molar-refractivity contribution in [2.24, 2.45) is 7.05 Å². The number of anilines is 1. The number of carbonyl (C=O) groups is 1. The van der Waals surface area contributed by atoms with E-state index in [0.29, 0.717) is 5.69 Å². The first-order chi connectivity index (χ1) is 12.7. The van der Waals surface area contributed by atoms with Gasteiger partial charge in [-0.15, -0.1) is 0 Å². The van der Waals surface area contributed by atoms with E-state index in [2.05, 4.69) is 0 Å². The number of amides is 2. The second-order valence-electron chi connectivity index (χ2n) is 6.14. The Bertz CT molecular complexity index is 914. The Morgan fingerprint density at radius 3 is 1.96 bits per heavy atom. The van der Waals surface area contributed by atoms with E-state index in [4.69, 9.17) is 0 Å². The molecule has 0 radical (unpaired) electrons. The maximum Gasteiger partial charge on any atom is 0.420 e. The third-order valence-corrected chi connectivity index (χ3v) is 4.29. The number of para-hydroxylation sites is 1. The van der Waals surface area contributed by atoms with Crippen LogP contribution in [0.2, 0.25) is 0 Å². The van der Waals surface area contributed by atoms with E-state index in [1.54, 1.807) is 35.6 Å². The largest absolute Gasteiger partial charge is 0.420 e. The zero-order chi connectivity index (χ0) is 21.5. The van der Waals surface area contributed by atoms with E-state index in [1.807, 2.05) is 0 Å². The molecule has 2 rings (SSSR count). The van der Waals surface area contributed by atoms with Crippen LogP contribution in [0.3, 0.4) is 0 Å². The third-order valence-electron chi connectivity index (χ3n) is 4.29. The molecule has 12 heteroatoms. The predicted molar refractivity (Wildman–Crippen MR) is 88.4 cm³/mol. The van der Waals surface area contributed by atoms with Gasteiger partial charge in [0, 0.05) is 7.05 Å². The molecule has 28 heavy (non-hydrogen) atoms.